The highest BCUT2D eigenvalue weighted by Gasteiger charge is 2.40. The highest BCUT2D eigenvalue weighted by molar-refractivity contribution is 6.15. The third-order valence-corrected chi connectivity index (χ3v) is 4.14. The van der Waals surface area contributed by atoms with Crippen LogP contribution in [0.3, 0.4) is 0 Å². The van der Waals surface area contributed by atoms with Gasteiger partial charge in [0, 0.05) is 29.2 Å². The highest BCUT2D eigenvalue weighted by Crippen LogP contribution is 2.45. The Bertz CT molecular complexity index is 802. The first-order chi connectivity index (χ1) is 11.5. The Labute approximate surface area is 140 Å². The molecule has 0 spiro atoms. The number of phenolic OH excluding ortho intramolecular Hbond substituents is 1. The van der Waals surface area contributed by atoms with Crippen LogP contribution in [0.25, 0.3) is 11.3 Å². The SMILES string of the molecule is COCCO/N=C1\c2cc(O)ccc2-c2ncnc(N)c2C1(C)C. The summed E-state index contributed by atoms with van der Waals surface area (Å²) < 4.78 is 4.97. The molecular formula is C17H20N4O3. The number of nitrogens with zero attached hydrogens (tertiary/aromatic N) is 3. The molecule has 3 N–H and O–H groups in total. The van der Waals surface area contributed by atoms with E-state index in [1.54, 1.807) is 25.3 Å². The molecule has 1 aliphatic carbocycles. The van der Waals surface area contributed by atoms with Gasteiger partial charge in [0.15, 0.2) is 0 Å². The summed E-state index contributed by atoms with van der Waals surface area (Å²) in [5.41, 5.74) is 9.37. The van der Waals surface area contributed by atoms with Crippen LogP contribution in [0.4, 0.5) is 5.82 Å². The molecule has 0 fully saturated rings. The summed E-state index contributed by atoms with van der Waals surface area (Å²) in [7, 11) is 1.60. The lowest BCUT2D eigenvalue weighted by atomic mass is 9.70. The zero-order chi connectivity index (χ0) is 17.3. The molecule has 7 heteroatoms. The van der Waals surface area contributed by atoms with Crippen LogP contribution in [0.5, 0.6) is 5.75 Å². The molecule has 0 atom stereocenters. The van der Waals surface area contributed by atoms with E-state index in [0.717, 1.165) is 22.4 Å². The summed E-state index contributed by atoms with van der Waals surface area (Å²) in [6, 6.07) is 5.08. The Kier molecular flexibility index (Phi) is 4.11. The van der Waals surface area contributed by atoms with Crippen molar-refractivity contribution in [2.45, 2.75) is 19.3 Å². The maximum atomic E-state index is 9.92. The number of phenols is 1. The number of ether oxygens (including phenoxy) is 1. The van der Waals surface area contributed by atoms with Gasteiger partial charge in [-0.25, -0.2) is 9.97 Å². The van der Waals surface area contributed by atoms with Crippen LogP contribution in [-0.2, 0) is 15.0 Å². The first kappa shape index (κ1) is 16.2. The van der Waals surface area contributed by atoms with Crippen molar-refractivity contribution in [3.05, 3.63) is 35.7 Å². The van der Waals surface area contributed by atoms with Gasteiger partial charge >= 0.3 is 0 Å². The maximum Gasteiger partial charge on any atom is 0.140 e. The number of fused-ring (bicyclic) bond motifs is 3. The van der Waals surface area contributed by atoms with Crippen LogP contribution in [0.1, 0.15) is 25.0 Å². The normalized spacial score (nSPS) is 16.5. The van der Waals surface area contributed by atoms with Gasteiger partial charge in [0.1, 0.15) is 24.5 Å². The van der Waals surface area contributed by atoms with Crippen LogP contribution < -0.4 is 5.73 Å². The van der Waals surface area contributed by atoms with Gasteiger partial charge in [-0.1, -0.05) is 5.16 Å². The van der Waals surface area contributed by atoms with E-state index in [1.165, 1.54) is 6.33 Å². The first-order valence-corrected chi connectivity index (χ1v) is 7.61. The van der Waals surface area contributed by atoms with E-state index in [0.29, 0.717) is 24.7 Å². The molecule has 0 bridgehead atoms. The van der Waals surface area contributed by atoms with Crippen molar-refractivity contribution in [1.29, 1.82) is 0 Å². The second kappa shape index (κ2) is 6.09. The van der Waals surface area contributed by atoms with Crippen molar-refractivity contribution in [1.82, 2.24) is 9.97 Å². The van der Waals surface area contributed by atoms with E-state index in [4.69, 9.17) is 15.3 Å². The van der Waals surface area contributed by atoms with Gasteiger partial charge in [0.25, 0.3) is 0 Å². The molecule has 0 unspecified atom stereocenters. The molecule has 0 radical (unpaired) electrons. The summed E-state index contributed by atoms with van der Waals surface area (Å²) in [6.07, 6.45) is 1.44. The van der Waals surface area contributed by atoms with Crippen molar-refractivity contribution >= 4 is 11.5 Å². The van der Waals surface area contributed by atoms with Crippen LogP contribution in [-0.4, -0.2) is 41.1 Å². The largest absolute Gasteiger partial charge is 0.508 e. The van der Waals surface area contributed by atoms with Gasteiger partial charge in [0.2, 0.25) is 0 Å². The molecule has 1 heterocycles. The Hall–Kier alpha value is -2.67. The summed E-state index contributed by atoms with van der Waals surface area (Å²) >= 11 is 0. The summed E-state index contributed by atoms with van der Waals surface area (Å²) in [5, 5.41) is 14.2. The van der Waals surface area contributed by atoms with Crippen molar-refractivity contribution in [2.75, 3.05) is 26.1 Å². The number of oxime groups is 1. The van der Waals surface area contributed by atoms with E-state index in [2.05, 4.69) is 15.1 Å². The summed E-state index contributed by atoms with van der Waals surface area (Å²) in [4.78, 5) is 13.9. The number of rotatable bonds is 4. The molecular weight excluding hydrogens is 308 g/mol. The Balaban J connectivity index is 2.20. The number of hydrogen-bond acceptors (Lipinski definition) is 7. The number of nitrogen functional groups attached to an aromatic ring is 1. The first-order valence-electron chi connectivity index (χ1n) is 7.61. The average molecular weight is 328 g/mol. The van der Waals surface area contributed by atoms with E-state index in [9.17, 15) is 5.11 Å². The van der Waals surface area contributed by atoms with E-state index < -0.39 is 5.41 Å². The molecule has 0 saturated carbocycles. The molecule has 3 rings (SSSR count). The average Bonchev–Trinajstić information content (AvgIpc) is 2.53. The van der Waals surface area contributed by atoms with E-state index >= 15 is 0 Å². The number of hydrogen-bond donors (Lipinski definition) is 2. The fourth-order valence-electron chi connectivity index (χ4n) is 3.00. The smallest absolute Gasteiger partial charge is 0.140 e. The number of nitrogens with two attached hydrogens (primary N) is 1. The van der Waals surface area contributed by atoms with E-state index in [-0.39, 0.29) is 5.75 Å². The molecule has 24 heavy (non-hydrogen) atoms. The monoisotopic (exact) mass is 328 g/mol. The standard InChI is InChI=1S/C17H20N4O3/c1-17(2)13-14(19-9-20-16(13)18)11-5-4-10(22)8-12(11)15(17)21-24-7-6-23-3/h4-5,8-9,22H,6-7H2,1-3H3,(H2,18,19,20)/b21-15+. The van der Waals surface area contributed by atoms with Gasteiger partial charge in [-0.15, -0.1) is 0 Å². The van der Waals surface area contributed by atoms with Crippen LogP contribution >= 0.6 is 0 Å². The van der Waals surface area contributed by atoms with Gasteiger partial charge < -0.3 is 20.4 Å². The number of benzene rings is 1. The summed E-state index contributed by atoms with van der Waals surface area (Å²) in [6.45, 7) is 4.73. The number of aromatic nitrogens is 2. The van der Waals surface area contributed by atoms with Crippen LogP contribution in [0.2, 0.25) is 0 Å². The molecule has 126 valence electrons. The molecule has 0 amide bonds. The lowest BCUT2D eigenvalue weighted by Gasteiger charge is -2.34. The lowest BCUT2D eigenvalue weighted by molar-refractivity contribution is 0.0743. The number of anilines is 1. The van der Waals surface area contributed by atoms with Crippen molar-refractivity contribution < 1.29 is 14.7 Å². The minimum atomic E-state index is -0.575. The fourth-order valence-corrected chi connectivity index (χ4v) is 3.00. The fraction of sp³-hybridized carbons (Fsp3) is 0.353. The minimum absolute atomic E-state index is 0.152. The third-order valence-electron chi connectivity index (χ3n) is 4.14. The molecule has 1 aliphatic rings. The zero-order valence-electron chi connectivity index (χ0n) is 13.9. The van der Waals surface area contributed by atoms with Crippen molar-refractivity contribution in [2.24, 2.45) is 5.16 Å². The Morgan fingerprint density at radius 3 is 2.75 bits per heavy atom. The van der Waals surface area contributed by atoms with Gasteiger partial charge in [0.05, 0.1) is 18.0 Å². The zero-order valence-corrected chi connectivity index (χ0v) is 13.9. The van der Waals surface area contributed by atoms with Gasteiger partial charge in [-0.05, 0) is 32.0 Å². The molecule has 1 aromatic heterocycles. The molecule has 7 nitrogen and oxygen atoms in total. The topological polar surface area (TPSA) is 103 Å². The van der Waals surface area contributed by atoms with Crippen LogP contribution in [0, 0.1) is 0 Å². The quantitative estimate of drug-likeness (QED) is 0.658. The third kappa shape index (κ3) is 2.56. The molecule has 0 saturated heterocycles. The molecule has 2 aromatic rings. The van der Waals surface area contributed by atoms with Gasteiger partial charge in [-0.2, -0.15) is 0 Å². The predicted molar refractivity (Wildman–Crippen MR) is 90.9 cm³/mol. The maximum absolute atomic E-state index is 9.92. The highest BCUT2D eigenvalue weighted by atomic mass is 16.6. The van der Waals surface area contributed by atoms with Crippen molar-refractivity contribution in [3.8, 4) is 17.0 Å². The van der Waals surface area contributed by atoms with Crippen LogP contribution in [0.15, 0.2) is 29.7 Å². The van der Waals surface area contributed by atoms with Crippen molar-refractivity contribution in [3.63, 3.8) is 0 Å². The summed E-state index contributed by atoms with van der Waals surface area (Å²) in [5.74, 6) is 0.563. The second-order valence-electron chi connectivity index (χ2n) is 6.10. The Morgan fingerprint density at radius 1 is 1.21 bits per heavy atom. The lowest BCUT2D eigenvalue weighted by Crippen LogP contribution is -2.36. The number of methoxy groups -OCH3 is 1. The Morgan fingerprint density at radius 2 is 2.00 bits per heavy atom. The molecule has 1 aromatic carbocycles. The number of aromatic hydroxyl groups is 1. The predicted octanol–water partition coefficient (Wildman–Crippen LogP) is 2.09. The minimum Gasteiger partial charge on any atom is -0.508 e. The van der Waals surface area contributed by atoms with Gasteiger partial charge in [-0.3, -0.25) is 0 Å². The molecule has 0 aliphatic heterocycles. The second-order valence-corrected chi connectivity index (χ2v) is 6.10. The van der Waals surface area contributed by atoms with E-state index in [1.807, 2.05) is 13.8 Å².